The van der Waals surface area contributed by atoms with Gasteiger partial charge in [-0.1, -0.05) is 19.9 Å². The van der Waals surface area contributed by atoms with Crippen LogP contribution in [0.4, 0.5) is 0 Å². The molecule has 0 aliphatic rings. The summed E-state index contributed by atoms with van der Waals surface area (Å²) < 4.78 is 0. The van der Waals surface area contributed by atoms with Crippen LogP contribution >= 0.6 is 0 Å². The normalized spacial score (nSPS) is 10.8. The van der Waals surface area contributed by atoms with Gasteiger partial charge >= 0.3 is 0 Å². The van der Waals surface area contributed by atoms with E-state index < -0.39 is 0 Å². The number of nitrogens with zero attached hydrogens (tertiary/aromatic N) is 2. The molecule has 1 aromatic rings. The lowest BCUT2D eigenvalue weighted by Gasteiger charge is -2.13. The highest BCUT2D eigenvalue weighted by Gasteiger charge is 1.99. The molecule has 0 spiro atoms. The molecule has 0 bridgehead atoms. The van der Waals surface area contributed by atoms with Crippen molar-refractivity contribution < 1.29 is 0 Å². The quantitative estimate of drug-likeness (QED) is 0.702. The summed E-state index contributed by atoms with van der Waals surface area (Å²) in [6.45, 7) is 6.31. The SMILES string of the molecule is CCc1cccc(CN(C)CC)n1. The smallest absolute Gasteiger partial charge is 0.0547 e. The van der Waals surface area contributed by atoms with Crippen LogP contribution in [0.5, 0.6) is 0 Å². The van der Waals surface area contributed by atoms with Gasteiger partial charge in [-0.3, -0.25) is 4.98 Å². The lowest BCUT2D eigenvalue weighted by molar-refractivity contribution is 0.341. The molecule has 1 aromatic heterocycles. The van der Waals surface area contributed by atoms with Gasteiger partial charge in [0, 0.05) is 12.2 Å². The predicted molar refractivity (Wildman–Crippen MR) is 55.6 cm³/mol. The van der Waals surface area contributed by atoms with E-state index in [0.29, 0.717) is 0 Å². The third-order valence-corrected chi connectivity index (χ3v) is 2.20. The molecular formula is C11H18N2. The molecule has 0 aliphatic heterocycles. The number of hydrogen-bond acceptors (Lipinski definition) is 2. The van der Waals surface area contributed by atoms with Crippen LogP contribution in [0.1, 0.15) is 25.2 Å². The van der Waals surface area contributed by atoms with Crippen molar-refractivity contribution in [2.45, 2.75) is 26.8 Å². The lowest BCUT2D eigenvalue weighted by Crippen LogP contribution is -2.17. The molecule has 0 aromatic carbocycles. The predicted octanol–water partition coefficient (Wildman–Crippen LogP) is 2.10. The second-order valence-electron chi connectivity index (χ2n) is 3.30. The summed E-state index contributed by atoms with van der Waals surface area (Å²) in [5.41, 5.74) is 2.35. The molecule has 0 unspecified atom stereocenters. The summed E-state index contributed by atoms with van der Waals surface area (Å²) in [6, 6.07) is 6.26. The van der Waals surface area contributed by atoms with Gasteiger partial charge in [-0.05, 0) is 32.1 Å². The van der Waals surface area contributed by atoms with Crippen molar-refractivity contribution in [1.29, 1.82) is 0 Å². The van der Waals surface area contributed by atoms with Crippen molar-refractivity contribution >= 4 is 0 Å². The van der Waals surface area contributed by atoms with E-state index in [9.17, 15) is 0 Å². The first kappa shape index (κ1) is 10.2. The van der Waals surface area contributed by atoms with Gasteiger partial charge in [-0.25, -0.2) is 0 Å². The molecule has 0 amide bonds. The van der Waals surface area contributed by atoms with E-state index >= 15 is 0 Å². The fourth-order valence-corrected chi connectivity index (χ4v) is 1.20. The molecule has 0 saturated heterocycles. The number of aromatic nitrogens is 1. The van der Waals surface area contributed by atoms with Crippen molar-refractivity contribution in [2.24, 2.45) is 0 Å². The average molecular weight is 178 g/mol. The van der Waals surface area contributed by atoms with Crippen LogP contribution in [0.3, 0.4) is 0 Å². The van der Waals surface area contributed by atoms with Gasteiger partial charge < -0.3 is 4.90 Å². The summed E-state index contributed by atoms with van der Waals surface area (Å²) in [4.78, 5) is 6.79. The van der Waals surface area contributed by atoms with E-state index in [1.54, 1.807) is 0 Å². The Hall–Kier alpha value is -0.890. The summed E-state index contributed by atoms with van der Waals surface area (Å²) in [6.07, 6.45) is 1.02. The van der Waals surface area contributed by atoms with Gasteiger partial charge in [0.25, 0.3) is 0 Å². The van der Waals surface area contributed by atoms with E-state index in [2.05, 4.69) is 49.0 Å². The molecule has 1 heterocycles. The van der Waals surface area contributed by atoms with Crippen molar-refractivity contribution in [3.63, 3.8) is 0 Å². The second-order valence-corrected chi connectivity index (χ2v) is 3.30. The first-order valence-electron chi connectivity index (χ1n) is 4.89. The first-order chi connectivity index (χ1) is 6.26. The van der Waals surface area contributed by atoms with E-state index in [-0.39, 0.29) is 0 Å². The summed E-state index contributed by atoms with van der Waals surface area (Å²) in [7, 11) is 2.11. The number of aryl methyl sites for hydroxylation is 1. The minimum Gasteiger partial charge on any atom is -0.301 e. The fraction of sp³-hybridized carbons (Fsp3) is 0.545. The molecule has 1 rings (SSSR count). The second kappa shape index (κ2) is 4.97. The van der Waals surface area contributed by atoms with Crippen molar-refractivity contribution in [2.75, 3.05) is 13.6 Å². The number of hydrogen-bond donors (Lipinski definition) is 0. The highest BCUT2D eigenvalue weighted by Crippen LogP contribution is 2.02. The Morgan fingerprint density at radius 2 is 1.92 bits per heavy atom. The molecule has 0 saturated carbocycles. The highest BCUT2D eigenvalue weighted by molar-refractivity contribution is 5.10. The van der Waals surface area contributed by atoms with E-state index in [4.69, 9.17) is 0 Å². The van der Waals surface area contributed by atoms with Crippen LogP contribution in [0.25, 0.3) is 0 Å². The molecular weight excluding hydrogens is 160 g/mol. The average Bonchev–Trinajstić information content (AvgIpc) is 2.18. The maximum Gasteiger partial charge on any atom is 0.0547 e. The maximum absolute atomic E-state index is 4.54. The highest BCUT2D eigenvalue weighted by atomic mass is 15.1. The fourth-order valence-electron chi connectivity index (χ4n) is 1.20. The number of pyridine rings is 1. The minimum atomic E-state index is 0.949. The standard InChI is InChI=1S/C11H18N2/c1-4-10-7-6-8-11(12-10)9-13(3)5-2/h6-8H,4-5,9H2,1-3H3. The van der Waals surface area contributed by atoms with Gasteiger partial charge in [-0.15, -0.1) is 0 Å². The Kier molecular flexibility index (Phi) is 3.90. The Bertz CT molecular complexity index is 258. The number of rotatable bonds is 4. The van der Waals surface area contributed by atoms with Crippen LogP contribution in [0.15, 0.2) is 18.2 Å². The third kappa shape index (κ3) is 3.15. The molecule has 0 aliphatic carbocycles. The zero-order chi connectivity index (χ0) is 9.68. The molecule has 0 radical (unpaired) electrons. The van der Waals surface area contributed by atoms with Gasteiger partial charge in [0.15, 0.2) is 0 Å². The minimum absolute atomic E-state index is 0.949. The largest absolute Gasteiger partial charge is 0.301 e. The molecule has 2 nitrogen and oxygen atoms in total. The molecule has 0 atom stereocenters. The van der Waals surface area contributed by atoms with E-state index in [0.717, 1.165) is 19.5 Å². The van der Waals surface area contributed by atoms with Crippen LogP contribution in [-0.4, -0.2) is 23.5 Å². The monoisotopic (exact) mass is 178 g/mol. The summed E-state index contributed by atoms with van der Waals surface area (Å²) >= 11 is 0. The van der Waals surface area contributed by atoms with Crippen molar-refractivity contribution in [3.8, 4) is 0 Å². The molecule has 2 heteroatoms. The van der Waals surface area contributed by atoms with Gasteiger partial charge in [0.2, 0.25) is 0 Å². The molecule has 72 valence electrons. The van der Waals surface area contributed by atoms with E-state index in [1.165, 1.54) is 11.4 Å². The molecule has 0 fully saturated rings. The Morgan fingerprint density at radius 1 is 1.23 bits per heavy atom. The van der Waals surface area contributed by atoms with E-state index in [1.807, 2.05) is 0 Å². The maximum atomic E-state index is 4.54. The lowest BCUT2D eigenvalue weighted by atomic mass is 10.2. The Morgan fingerprint density at radius 3 is 2.54 bits per heavy atom. The van der Waals surface area contributed by atoms with Crippen molar-refractivity contribution in [1.82, 2.24) is 9.88 Å². The van der Waals surface area contributed by atoms with Crippen LogP contribution in [-0.2, 0) is 13.0 Å². The Balaban J connectivity index is 2.66. The molecule has 13 heavy (non-hydrogen) atoms. The zero-order valence-electron chi connectivity index (χ0n) is 8.75. The van der Waals surface area contributed by atoms with Gasteiger partial charge in [0.1, 0.15) is 0 Å². The Labute approximate surface area is 80.6 Å². The van der Waals surface area contributed by atoms with Crippen molar-refractivity contribution in [3.05, 3.63) is 29.6 Å². The van der Waals surface area contributed by atoms with Gasteiger partial charge in [-0.2, -0.15) is 0 Å². The first-order valence-corrected chi connectivity index (χ1v) is 4.89. The van der Waals surface area contributed by atoms with Crippen LogP contribution in [0.2, 0.25) is 0 Å². The van der Waals surface area contributed by atoms with Crippen LogP contribution in [0, 0.1) is 0 Å². The summed E-state index contributed by atoms with van der Waals surface area (Å²) in [5.74, 6) is 0. The van der Waals surface area contributed by atoms with Crippen LogP contribution < -0.4 is 0 Å². The topological polar surface area (TPSA) is 16.1 Å². The van der Waals surface area contributed by atoms with Gasteiger partial charge in [0.05, 0.1) is 5.69 Å². The zero-order valence-corrected chi connectivity index (χ0v) is 8.75. The molecule has 0 N–H and O–H groups in total. The third-order valence-electron chi connectivity index (χ3n) is 2.20. The summed E-state index contributed by atoms with van der Waals surface area (Å²) in [5, 5.41) is 0.